The highest BCUT2D eigenvalue weighted by molar-refractivity contribution is 5.86. The van der Waals surface area contributed by atoms with E-state index in [2.05, 4.69) is 27.6 Å². The van der Waals surface area contributed by atoms with Gasteiger partial charge in [0.15, 0.2) is 0 Å². The number of piperidine rings is 1. The van der Waals surface area contributed by atoms with Crippen LogP contribution in [0.2, 0.25) is 0 Å². The number of rotatable bonds is 4. The van der Waals surface area contributed by atoms with Crippen molar-refractivity contribution in [1.29, 1.82) is 0 Å². The third-order valence-electron chi connectivity index (χ3n) is 5.93. The minimum atomic E-state index is -4.07. The van der Waals surface area contributed by atoms with Crippen LogP contribution in [0.1, 0.15) is 32.1 Å². The van der Waals surface area contributed by atoms with Crippen LogP contribution in [0.4, 0.5) is 13.2 Å². The second-order valence-corrected chi connectivity index (χ2v) is 7.36. The Bertz CT molecular complexity index is 491. The highest BCUT2D eigenvalue weighted by Crippen LogP contribution is 2.40. The third-order valence-corrected chi connectivity index (χ3v) is 5.93. The largest absolute Gasteiger partial charge is 0.391 e. The fourth-order valence-electron chi connectivity index (χ4n) is 4.56. The monoisotopic (exact) mass is 360 g/mol. The molecule has 5 nitrogen and oxygen atoms in total. The van der Waals surface area contributed by atoms with Gasteiger partial charge in [0.2, 0.25) is 5.91 Å². The molecule has 3 N–H and O–H groups in total. The molecule has 142 valence electrons. The SMILES string of the molecule is C=CC(=O)NCC1NN(C2CCC(C(F)(F)F)CC2)C2CNCCC12. The second kappa shape index (κ2) is 7.63. The lowest BCUT2D eigenvalue weighted by molar-refractivity contribution is -0.185. The Morgan fingerprint density at radius 2 is 1.96 bits per heavy atom. The lowest BCUT2D eigenvalue weighted by Gasteiger charge is -2.40. The van der Waals surface area contributed by atoms with Crippen molar-refractivity contribution in [3.8, 4) is 0 Å². The van der Waals surface area contributed by atoms with E-state index in [0.29, 0.717) is 25.3 Å². The van der Waals surface area contributed by atoms with Crippen LogP contribution < -0.4 is 16.1 Å². The van der Waals surface area contributed by atoms with Gasteiger partial charge in [-0.2, -0.15) is 13.2 Å². The molecule has 3 aliphatic rings. The first kappa shape index (κ1) is 18.7. The van der Waals surface area contributed by atoms with Crippen LogP contribution in [0.3, 0.4) is 0 Å². The second-order valence-electron chi connectivity index (χ2n) is 7.36. The molecular weight excluding hydrogens is 333 g/mol. The predicted molar refractivity (Wildman–Crippen MR) is 88.5 cm³/mol. The Labute approximate surface area is 146 Å². The zero-order chi connectivity index (χ0) is 18.0. The molecule has 25 heavy (non-hydrogen) atoms. The molecule has 1 aliphatic carbocycles. The zero-order valence-electron chi connectivity index (χ0n) is 14.3. The average molecular weight is 360 g/mol. The Morgan fingerprint density at radius 3 is 2.60 bits per heavy atom. The number of halogens is 3. The van der Waals surface area contributed by atoms with Gasteiger partial charge in [-0.25, -0.2) is 10.4 Å². The molecule has 2 heterocycles. The van der Waals surface area contributed by atoms with Gasteiger partial charge in [0.25, 0.3) is 0 Å². The van der Waals surface area contributed by atoms with Crippen molar-refractivity contribution in [2.45, 2.75) is 56.4 Å². The van der Waals surface area contributed by atoms with Crippen molar-refractivity contribution in [3.05, 3.63) is 12.7 Å². The average Bonchev–Trinajstić information content (AvgIpc) is 2.98. The first-order chi connectivity index (χ1) is 11.9. The molecule has 1 amide bonds. The Morgan fingerprint density at radius 1 is 1.24 bits per heavy atom. The summed E-state index contributed by atoms with van der Waals surface area (Å²) < 4.78 is 38.7. The van der Waals surface area contributed by atoms with E-state index in [1.54, 1.807) is 0 Å². The molecular formula is C17H27F3N4O. The van der Waals surface area contributed by atoms with E-state index < -0.39 is 12.1 Å². The number of amides is 1. The van der Waals surface area contributed by atoms with Crippen molar-refractivity contribution >= 4 is 5.91 Å². The molecule has 0 aromatic carbocycles. The van der Waals surface area contributed by atoms with Gasteiger partial charge in [-0.1, -0.05) is 6.58 Å². The van der Waals surface area contributed by atoms with Crippen LogP contribution in [0.25, 0.3) is 0 Å². The first-order valence-electron chi connectivity index (χ1n) is 9.12. The van der Waals surface area contributed by atoms with Crippen LogP contribution in [-0.4, -0.2) is 54.9 Å². The van der Waals surface area contributed by atoms with Gasteiger partial charge in [0.05, 0.1) is 5.92 Å². The summed E-state index contributed by atoms with van der Waals surface area (Å²) in [6.45, 7) is 5.74. The normalized spacial score (nSPS) is 36.7. The quantitative estimate of drug-likeness (QED) is 0.667. The molecule has 1 saturated carbocycles. The molecule has 3 rings (SSSR count). The van der Waals surface area contributed by atoms with Crippen molar-refractivity contribution < 1.29 is 18.0 Å². The molecule has 3 atom stereocenters. The minimum Gasteiger partial charge on any atom is -0.351 e. The number of nitrogens with zero attached hydrogens (tertiary/aromatic N) is 1. The summed E-state index contributed by atoms with van der Waals surface area (Å²) >= 11 is 0. The number of hydrogen-bond acceptors (Lipinski definition) is 4. The zero-order valence-corrected chi connectivity index (χ0v) is 14.3. The van der Waals surface area contributed by atoms with E-state index in [4.69, 9.17) is 0 Å². The lowest BCUT2D eigenvalue weighted by Crippen LogP contribution is -2.53. The van der Waals surface area contributed by atoms with Crippen LogP contribution in [-0.2, 0) is 4.79 Å². The molecule has 3 unspecified atom stereocenters. The topological polar surface area (TPSA) is 56.4 Å². The first-order valence-corrected chi connectivity index (χ1v) is 9.12. The van der Waals surface area contributed by atoms with Crippen LogP contribution in [0, 0.1) is 11.8 Å². The summed E-state index contributed by atoms with van der Waals surface area (Å²) in [6, 6.07) is 0.522. The summed E-state index contributed by atoms with van der Waals surface area (Å²) in [6.07, 6.45) is -0.288. The van der Waals surface area contributed by atoms with Gasteiger partial charge in [0, 0.05) is 31.2 Å². The number of carbonyl (C=O) groups is 1. The number of hydrogen-bond donors (Lipinski definition) is 3. The summed E-state index contributed by atoms with van der Waals surface area (Å²) in [5.74, 6) is -0.961. The smallest absolute Gasteiger partial charge is 0.351 e. The maximum atomic E-state index is 12.9. The Kier molecular flexibility index (Phi) is 5.70. The summed E-state index contributed by atoms with van der Waals surface area (Å²) in [5.41, 5.74) is 3.50. The predicted octanol–water partition coefficient (Wildman–Crippen LogP) is 1.58. The molecule has 0 bridgehead atoms. The Balaban J connectivity index is 1.61. The van der Waals surface area contributed by atoms with Crippen molar-refractivity contribution in [2.24, 2.45) is 11.8 Å². The number of hydrazine groups is 1. The van der Waals surface area contributed by atoms with Crippen LogP contribution >= 0.6 is 0 Å². The standard InChI is InChI=1S/C17H27F3N4O/c1-2-16(25)22-9-14-13-7-8-21-10-15(13)24(23-14)12-5-3-11(4-6-12)17(18,19)20/h2,11-15,21,23H,1,3-10H2,(H,22,25). The van der Waals surface area contributed by atoms with Crippen molar-refractivity contribution in [3.63, 3.8) is 0 Å². The van der Waals surface area contributed by atoms with Gasteiger partial charge >= 0.3 is 6.18 Å². The van der Waals surface area contributed by atoms with Crippen molar-refractivity contribution in [2.75, 3.05) is 19.6 Å². The lowest BCUT2D eigenvalue weighted by atomic mass is 9.83. The van der Waals surface area contributed by atoms with Gasteiger partial charge in [-0.05, 0) is 50.6 Å². The molecule has 0 aromatic heterocycles. The fraction of sp³-hybridized carbons (Fsp3) is 0.824. The van der Waals surface area contributed by atoms with Crippen LogP contribution in [0.5, 0.6) is 0 Å². The van der Waals surface area contributed by atoms with Gasteiger partial charge in [-0.3, -0.25) is 4.79 Å². The minimum absolute atomic E-state index is 0.122. The summed E-state index contributed by atoms with van der Waals surface area (Å²) in [7, 11) is 0. The number of alkyl halides is 3. The van der Waals surface area contributed by atoms with E-state index in [9.17, 15) is 18.0 Å². The molecule has 8 heteroatoms. The molecule has 0 radical (unpaired) electrons. The van der Waals surface area contributed by atoms with E-state index in [-0.39, 0.29) is 36.9 Å². The fourth-order valence-corrected chi connectivity index (χ4v) is 4.56. The van der Waals surface area contributed by atoms with E-state index in [1.807, 2.05) is 0 Å². The number of carbonyl (C=O) groups excluding carboxylic acids is 1. The van der Waals surface area contributed by atoms with Gasteiger partial charge in [-0.15, -0.1) is 0 Å². The van der Waals surface area contributed by atoms with E-state index >= 15 is 0 Å². The van der Waals surface area contributed by atoms with Gasteiger partial charge in [0.1, 0.15) is 0 Å². The molecule has 2 saturated heterocycles. The summed E-state index contributed by atoms with van der Waals surface area (Å²) in [5, 5.41) is 8.42. The highest BCUT2D eigenvalue weighted by Gasteiger charge is 2.48. The number of fused-ring (bicyclic) bond motifs is 1. The van der Waals surface area contributed by atoms with E-state index in [0.717, 1.165) is 19.5 Å². The van der Waals surface area contributed by atoms with Crippen LogP contribution in [0.15, 0.2) is 12.7 Å². The molecule has 0 spiro atoms. The van der Waals surface area contributed by atoms with Gasteiger partial charge < -0.3 is 10.6 Å². The molecule has 0 aromatic rings. The number of nitrogens with one attached hydrogen (secondary N) is 3. The maximum absolute atomic E-state index is 12.9. The molecule has 2 aliphatic heterocycles. The third kappa shape index (κ3) is 4.17. The molecule has 3 fully saturated rings. The maximum Gasteiger partial charge on any atom is 0.391 e. The van der Waals surface area contributed by atoms with E-state index in [1.165, 1.54) is 6.08 Å². The summed E-state index contributed by atoms with van der Waals surface area (Å²) in [4.78, 5) is 11.5. The van der Waals surface area contributed by atoms with Crippen molar-refractivity contribution in [1.82, 2.24) is 21.1 Å². The highest BCUT2D eigenvalue weighted by atomic mass is 19.4. The Hall–Kier alpha value is -1.12.